The Kier molecular flexibility index (Phi) is 4.15. The molecular weight excluding hydrogens is 278 g/mol. The van der Waals surface area contributed by atoms with Gasteiger partial charge >= 0.3 is 0 Å². The van der Waals surface area contributed by atoms with Crippen LogP contribution in [0.4, 0.5) is 5.82 Å². The monoisotopic (exact) mass is 303 g/mol. The van der Waals surface area contributed by atoms with Crippen molar-refractivity contribution in [2.75, 3.05) is 33.2 Å². The Bertz CT molecular complexity index is 577. The second-order valence-electron chi connectivity index (χ2n) is 6.34. The van der Waals surface area contributed by atoms with Gasteiger partial charge in [0.25, 0.3) is 0 Å². The number of piperazine rings is 1. The molecule has 22 heavy (non-hydrogen) atoms. The Morgan fingerprint density at radius 2 is 2.00 bits per heavy atom. The number of amidine groups is 2. The summed E-state index contributed by atoms with van der Waals surface area (Å²) in [7, 11) is 4.06. The average molecular weight is 303 g/mol. The molecule has 0 atom stereocenters. The maximum Gasteiger partial charge on any atom is 0.175 e. The van der Waals surface area contributed by atoms with Crippen LogP contribution in [-0.2, 0) is 7.05 Å². The molecule has 0 unspecified atom stereocenters. The second kappa shape index (κ2) is 6.08. The molecule has 0 spiro atoms. The molecule has 3 rings (SSSR count). The lowest BCUT2D eigenvalue weighted by Gasteiger charge is -2.34. The molecule has 1 saturated heterocycles. The van der Waals surface area contributed by atoms with Crippen molar-refractivity contribution >= 4 is 17.5 Å². The molecule has 0 amide bonds. The molecule has 1 aromatic heterocycles. The summed E-state index contributed by atoms with van der Waals surface area (Å²) in [6.45, 7) is 3.75. The number of rotatable bonds is 4. The highest BCUT2D eigenvalue weighted by Gasteiger charge is 2.27. The summed E-state index contributed by atoms with van der Waals surface area (Å²) < 4.78 is 1.90. The lowest BCUT2D eigenvalue weighted by Crippen LogP contribution is -2.47. The van der Waals surface area contributed by atoms with E-state index in [1.165, 1.54) is 18.5 Å². The van der Waals surface area contributed by atoms with Gasteiger partial charge in [0.2, 0.25) is 0 Å². The minimum Gasteiger partial charge on any atom is -0.387 e. The molecule has 1 aliphatic heterocycles. The van der Waals surface area contributed by atoms with Crippen LogP contribution in [-0.4, -0.2) is 64.5 Å². The Morgan fingerprint density at radius 3 is 2.64 bits per heavy atom. The van der Waals surface area contributed by atoms with E-state index in [4.69, 9.17) is 11.1 Å². The van der Waals surface area contributed by atoms with E-state index in [0.29, 0.717) is 29.8 Å². The standard InChI is InChI=1S/C15H25N7/c1-20-5-7-22(8-6-20)14(17)10-13(16)18-15-9-12(11-3-4-11)21(2)19-15/h9,11,17H,3-8,10H2,1-2H3,(H2,16,18,19). The van der Waals surface area contributed by atoms with Crippen LogP contribution in [0.5, 0.6) is 0 Å². The molecule has 0 aromatic carbocycles. The average Bonchev–Trinajstić information content (AvgIpc) is 3.24. The van der Waals surface area contributed by atoms with Crippen molar-refractivity contribution < 1.29 is 0 Å². The first kappa shape index (κ1) is 15.0. The first-order chi connectivity index (χ1) is 10.5. The van der Waals surface area contributed by atoms with Crippen molar-refractivity contribution in [3.63, 3.8) is 0 Å². The molecular formula is C15H25N7. The van der Waals surface area contributed by atoms with E-state index in [9.17, 15) is 0 Å². The number of likely N-dealkylation sites (N-methyl/N-ethyl adjacent to an activating group) is 1. The van der Waals surface area contributed by atoms with Crippen molar-refractivity contribution in [1.82, 2.24) is 19.6 Å². The SMILES string of the molecule is CN1CCN(C(=N)CC(N)=Nc2cc(C3CC3)n(C)n2)CC1. The molecule has 7 heteroatoms. The molecule has 1 aromatic rings. The first-order valence-corrected chi connectivity index (χ1v) is 7.91. The quantitative estimate of drug-likeness (QED) is 0.639. The number of hydrogen-bond acceptors (Lipinski definition) is 4. The smallest absolute Gasteiger partial charge is 0.175 e. The fourth-order valence-electron chi connectivity index (χ4n) is 2.83. The molecule has 7 nitrogen and oxygen atoms in total. The Hall–Kier alpha value is -1.89. The van der Waals surface area contributed by atoms with Gasteiger partial charge in [-0.25, -0.2) is 4.99 Å². The van der Waals surface area contributed by atoms with Crippen molar-refractivity contribution in [3.05, 3.63) is 11.8 Å². The molecule has 1 saturated carbocycles. The van der Waals surface area contributed by atoms with Crippen molar-refractivity contribution in [2.24, 2.45) is 17.8 Å². The fourth-order valence-corrected chi connectivity index (χ4v) is 2.83. The topological polar surface area (TPSA) is 86.5 Å². The summed E-state index contributed by atoms with van der Waals surface area (Å²) in [5.74, 6) is 2.32. The highest BCUT2D eigenvalue weighted by atomic mass is 15.3. The number of nitrogens with two attached hydrogens (primary N) is 1. The summed E-state index contributed by atoms with van der Waals surface area (Å²) in [6, 6.07) is 2.02. The molecule has 2 fully saturated rings. The van der Waals surface area contributed by atoms with E-state index in [1.807, 2.05) is 17.8 Å². The highest BCUT2D eigenvalue weighted by Crippen LogP contribution is 2.40. The van der Waals surface area contributed by atoms with Gasteiger partial charge in [-0.1, -0.05) is 0 Å². The molecule has 3 N–H and O–H groups in total. The van der Waals surface area contributed by atoms with Gasteiger partial charge in [-0.3, -0.25) is 10.1 Å². The van der Waals surface area contributed by atoms with E-state index in [0.717, 1.165) is 26.2 Å². The van der Waals surface area contributed by atoms with Gasteiger partial charge in [-0.05, 0) is 19.9 Å². The minimum absolute atomic E-state index is 0.388. The zero-order chi connectivity index (χ0) is 15.7. The van der Waals surface area contributed by atoms with Crippen LogP contribution in [0.3, 0.4) is 0 Å². The summed E-state index contributed by atoms with van der Waals surface area (Å²) in [5.41, 5.74) is 7.25. The number of aromatic nitrogens is 2. The fraction of sp³-hybridized carbons (Fsp3) is 0.667. The first-order valence-electron chi connectivity index (χ1n) is 7.91. The molecule has 0 radical (unpaired) electrons. The number of nitrogens with one attached hydrogen (secondary N) is 1. The van der Waals surface area contributed by atoms with Gasteiger partial charge in [0.15, 0.2) is 5.82 Å². The van der Waals surface area contributed by atoms with Crippen LogP contribution < -0.4 is 5.73 Å². The van der Waals surface area contributed by atoms with Crippen LogP contribution >= 0.6 is 0 Å². The van der Waals surface area contributed by atoms with E-state index in [1.54, 1.807) is 0 Å². The zero-order valence-electron chi connectivity index (χ0n) is 13.4. The molecule has 120 valence electrons. The van der Waals surface area contributed by atoms with E-state index < -0.39 is 0 Å². The molecule has 0 bridgehead atoms. The van der Waals surface area contributed by atoms with Gasteiger partial charge in [0.1, 0.15) is 11.7 Å². The Morgan fingerprint density at radius 1 is 1.32 bits per heavy atom. The number of aliphatic imine (C=N–C) groups is 1. The zero-order valence-corrected chi connectivity index (χ0v) is 13.4. The number of nitrogens with zero attached hydrogens (tertiary/aromatic N) is 5. The minimum atomic E-state index is 0.388. The normalized spacial score (nSPS) is 20.5. The predicted molar refractivity (Wildman–Crippen MR) is 87.9 cm³/mol. The van der Waals surface area contributed by atoms with Gasteiger partial charge in [0, 0.05) is 50.9 Å². The van der Waals surface area contributed by atoms with Crippen molar-refractivity contribution in [3.8, 4) is 0 Å². The number of hydrogen-bond donors (Lipinski definition) is 2. The lowest BCUT2D eigenvalue weighted by molar-refractivity contribution is 0.213. The van der Waals surface area contributed by atoms with Crippen LogP contribution in [0.25, 0.3) is 0 Å². The Labute approximate surface area is 131 Å². The van der Waals surface area contributed by atoms with E-state index in [2.05, 4.69) is 26.9 Å². The summed E-state index contributed by atoms with van der Waals surface area (Å²) in [4.78, 5) is 8.74. The van der Waals surface area contributed by atoms with Crippen molar-refractivity contribution in [2.45, 2.75) is 25.2 Å². The maximum atomic E-state index is 8.19. The van der Waals surface area contributed by atoms with Crippen LogP contribution in [0.15, 0.2) is 11.1 Å². The second-order valence-corrected chi connectivity index (χ2v) is 6.34. The van der Waals surface area contributed by atoms with Gasteiger partial charge in [0.05, 0.1) is 6.42 Å². The highest BCUT2D eigenvalue weighted by molar-refractivity contribution is 6.01. The predicted octanol–water partition coefficient (Wildman–Crippen LogP) is 0.901. The molecule has 2 aliphatic rings. The van der Waals surface area contributed by atoms with Crippen LogP contribution in [0.1, 0.15) is 30.9 Å². The molecule has 1 aliphatic carbocycles. The van der Waals surface area contributed by atoms with Gasteiger partial charge in [-0.15, -0.1) is 0 Å². The van der Waals surface area contributed by atoms with Crippen LogP contribution in [0.2, 0.25) is 0 Å². The summed E-state index contributed by atoms with van der Waals surface area (Å²) in [5, 5.41) is 12.6. The molecule has 2 heterocycles. The van der Waals surface area contributed by atoms with Gasteiger partial charge < -0.3 is 15.5 Å². The summed E-state index contributed by atoms with van der Waals surface area (Å²) >= 11 is 0. The Balaban J connectivity index is 1.59. The largest absolute Gasteiger partial charge is 0.387 e. The van der Waals surface area contributed by atoms with E-state index in [-0.39, 0.29) is 0 Å². The van der Waals surface area contributed by atoms with E-state index >= 15 is 0 Å². The summed E-state index contributed by atoms with van der Waals surface area (Å²) in [6.07, 6.45) is 2.87. The third-order valence-electron chi connectivity index (χ3n) is 4.39. The number of aryl methyl sites for hydroxylation is 1. The van der Waals surface area contributed by atoms with Gasteiger partial charge in [-0.2, -0.15) is 5.10 Å². The maximum absolute atomic E-state index is 8.19. The van der Waals surface area contributed by atoms with Crippen molar-refractivity contribution in [1.29, 1.82) is 5.41 Å². The van der Waals surface area contributed by atoms with Crippen LogP contribution in [0, 0.1) is 5.41 Å². The third kappa shape index (κ3) is 3.47. The third-order valence-corrected chi connectivity index (χ3v) is 4.39. The lowest BCUT2D eigenvalue weighted by atomic mass is 10.2.